The average molecular weight is 280 g/mol. The van der Waals surface area contributed by atoms with Crippen LogP contribution in [0.25, 0.3) is 10.9 Å². The first-order valence-corrected chi connectivity index (χ1v) is 7.13. The summed E-state index contributed by atoms with van der Waals surface area (Å²) >= 11 is 0. The number of benzene rings is 1. The molecule has 0 aliphatic heterocycles. The van der Waals surface area contributed by atoms with E-state index in [2.05, 4.69) is 4.98 Å². The van der Waals surface area contributed by atoms with Gasteiger partial charge in [-0.1, -0.05) is 6.07 Å². The summed E-state index contributed by atoms with van der Waals surface area (Å²) in [5, 5.41) is 0.935. The van der Waals surface area contributed by atoms with Crippen molar-refractivity contribution in [2.75, 3.05) is 5.73 Å². The minimum Gasteiger partial charge on any atom is -0.398 e. The number of hydrogen-bond donors (Lipinski definition) is 1. The lowest BCUT2D eigenvalue weighted by atomic mass is 10.1. The van der Waals surface area contributed by atoms with Gasteiger partial charge < -0.3 is 5.73 Å². The van der Waals surface area contributed by atoms with E-state index in [1.165, 1.54) is 0 Å². The number of nitrogens with zero attached hydrogens (tertiary/aromatic N) is 3. The molecule has 2 heterocycles. The summed E-state index contributed by atoms with van der Waals surface area (Å²) < 4.78 is 3.56. The molecule has 106 valence electrons. The molecular weight excluding hydrogens is 264 g/mol. The SMILES string of the molecule is Nc1ccc(Cn2ccn(C3CC3)c2=O)c2ncccc12. The van der Waals surface area contributed by atoms with Gasteiger partial charge in [-0.3, -0.25) is 14.1 Å². The number of fused-ring (bicyclic) bond motifs is 1. The third-order valence-corrected chi connectivity index (χ3v) is 4.04. The number of imidazole rings is 1. The Balaban J connectivity index is 1.78. The van der Waals surface area contributed by atoms with Crippen molar-refractivity contribution in [3.8, 4) is 0 Å². The Hall–Kier alpha value is -2.56. The summed E-state index contributed by atoms with van der Waals surface area (Å²) in [6, 6.07) is 8.06. The third-order valence-electron chi connectivity index (χ3n) is 4.04. The van der Waals surface area contributed by atoms with E-state index in [4.69, 9.17) is 5.73 Å². The summed E-state index contributed by atoms with van der Waals surface area (Å²) in [5.41, 5.74) is 8.63. The molecule has 1 aromatic carbocycles. The highest BCUT2D eigenvalue weighted by Gasteiger charge is 2.25. The highest BCUT2D eigenvalue weighted by atomic mass is 16.1. The molecule has 2 aromatic heterocycles. The molecule has 0 spiro atoms. The van der Waals surface area contributed by atoms with E-state index in [-0.39, 0.29) is 5.69 Å². The average Bonchev–Trinajstić information content (AvgIpc) is 3.28. The van der Waals surface area contributed by atoms with Gasteiger partial charge in [-0.25, -0.2) is 4.79 Å². The molecule has 0 atom stereocenters. The summed E-state index contributed by atoms with van der Waals surface area (Å²) in [5.74, 6) is 0. The predicted molar refractivity (Wildman–Crippen MR) is 82.2 cm³/mol. The highest BCUT2D eigenvalue weighted by molar-refractivity contribution is 5.92. The predicted octanol–water partition coefficient (Wildman–Crippen LogP) is 2.16. The first-order chi connectivity index (χ1) is 10.2. The molecule has 1 aliphatic rings. The van der Waals surface area contributed by atoms with E-state index in [1.54, 1.807) is 10.8 Å². The van der Waals surface area contributed by atoms with E-state index in [9.17, 15) is 4.79 Å². The van der Waals surface area contributed by atoms with Gasteiger partial charge in [0, 0.05) is 35.7 Å². The van der Waals surface area contributed by atoms with E-state index >= 15 is 0 Å². The van der Waals surface area contributed by atoms with Gasteiger partial charge in [0.1, 0.15) is 0 Å². The molecule has 4 rings (SSSR count). The number of nitrogens with two attached hydrogens (primary N) is 1. The largest absolute Gasteiger partial charge is 0.398 e. The van der Waals surface area contributed by atoms with Crippen molar-refractivity contribution in [1.29, 1.82) is 0 Å². The molecule has 1 saturated carbocycles. The van der Waals surface area contributed by atoms with Crippen LogP contribution in [0, 0.1) is 0 Å². The molecule has 5 nitrogen and oxygen atoms in total. The lowest BCUT2D eigenvalue weighted by molar-refractivity contribution is 0.657. The topological polar surface area (TPSA) is 65.8 Å². The minimum absolute atomic E-state index is 0.0541. The number of pyridine rings is 1. The molecule has 3 aromatic rings. The summed E-state index contributed by atoms with van der Waals surface area (Å²) in [6.45, 7) is 0.520. The molecule has 5 heteroatoms. The maximum absolute atomic E-state index is 12.3. The molecule has 0 unspecified atom stereocenters. The summed E-state index contributed by atoms with van der Waals surface area (Å²) in [7, 11) is 0. The van der Waals surface area contributed by atoms with Gasteiger partial charge in [0.25, 0.3) is 0 Å². The van der Waals surface area contributed by atoms with Crippen molar-refractivity contribution in [2.24, 2.45) is 0 Å². The van der Waals surface area contributed by atoms with Gasteiger partial charge in [-0.2, -0.15) is 0 Å². The lowest BCUT2D eigenvalue weighted by Crippen LogP contribution is -2.23. The van der Waals surface area contributed by atoms with Gasteiger partial charge in [0.2, 0.25) is 0 Å². The Kier molecular flexibility index (Phi) is 2.60. The van der Waals surface area contributed by atoms with Crippen molar-refractivity contribution in [1.82, 2.24) is 14.1 Å². The van der Waals surface area contributed by atoms with Crippen molar-refractivity contribution in [3.05, 3.63) is 58.9 Å². The quantitative estimate of drug-likeness (QED) is 0.748. The monoisotopic (exact) mass is 280 g/mol. The van der Waals surface area contributed by atoms with Gasteiger partial charge >= 0.3 is 5.69 Å². The van der Waals surface area contributed by atoms with Gasteiger partial charge in [0.15, 0.2) is 0 Å². The van der Waals surface area contributed by atoms with Crippen LogP contribution in [0.1, 0.15) is 24.4 Å². The Morgan fingerprint density at radius 3 is 2.90 bits per heavy atom. The van der Waals surface area contributed by atoms with E-state index in [1.807, 2.05) is 41.2 Å². The Bertz CT molecular complexity index is 873. The minimum atomic E-state index is 0.0541. The van der Waals surface area contributed by atoms with Crippen LogP contribution in [0.4, 0.5) is 5.69 Å². The van der Waals surface area contributed by atoms with Crippen LogP contribution in [-0.4, -0.2) is 14.1 Å². The van der Waals surface area contributed by atoms with Gasteiger partial charge in [-0.15, -0.1) is 0 Å². The second-order valence-corrected chi connectivity index (χ2v) is 5.56. The summed E-state index contributed by atoms with van der Waals surface area (Å²) in [6.07, 6.45) is 7.70. The van der Waals surface area contributed by atoms with Crippen LogP contribution >= 0.6 is 0 Å². The molecular formula is C16H16N4O. The fraction of sp³-hybridized carbons (Fsp3) is 0.250. The number of rotatable bonds is 3. The highest BCUT2D eigenvalue weighted by Crippen LogP contribution is 2.33. The zero-order chi connectivity index (χ0) is 14.4. The van der Waals surface area contributed by atoms with Crippen molar-refractivity contribution < 1.29 is 0 Å². The fourth-order valence-electron chi connectivity index (χ4n) is 2.74. The van der Waals surface area contributed by atoms with Crippen LogP contribution < -0.4 is 11.4 Å². The Morgan fingerprint density at radius 1 is 1.24 bits per heavy atom. The van der Waals surface area contributed by atoms with Crippen LogP contribution in [0.3, 0.4) is 0 Å². The van der Waals surface area contributed by atoms with Crippen LogP contribution in [0.2, 0.25) is 0 Å². The lowest BCUT2D eigenvalue weighted by Gasteiger charge is -2.08. The number of anilines is 1. The maximum atomic E-state index is 12.3. The Morgan fingerprint density at radius 2 is 2.10 bits per heavy atom. The summed E-state index contributed by atoms with van der Waals surface area (Å²) in [4.78, 5) is 16.8. The van der Waals surface area contributed by atoms with Gasteiger partial charge in [-0.05, 0) is 36.6 Å². The molecule has 0 saturated heterocycles. The standard InChI is InChI=1S/C16H16N4O/c17-14-6-3-11(15-13(14)2-1-7-18-15)10-19-8-9-20(16(19)21)12-4-5-12/h1-3,6-9,12H,4-5,10,17H2. The zero-order valence-electron chi connectivity index (χ0n) is 11.6. The Labute approximate surface area is 121 Å². The normalized spacial score (nSPS) is 14.7. The third kappa shape index (κ3) is 2.01. The van der Waals surface area contributed by atoms with Crippen molar-refractivity contribution in [2.45, 2.75) is 25.4 Å². The van der Waals surface area contributed by atoms with Crippen molar-refractivity contribution >= 4 is 16.6 Å². The fourth-order valence-corrected chi connectivity index (χ4v) is 2.74. The van der Waals surface area contributed by atoms with Crippen LogP contribution in [-0.2, 0) is 6.54 Å². The second-order valence-electron chi connectivity index (χ2n) is 5.56. The molecule has 1 fully saturated rings. The molecule has 21 heavy (non-hydrogen) atoms. The van der Waals surface area contributed by atoms with E-state index < -0.39 is 0 Å². The van der Waals surface area contributed by atoms with Crippen LogP contribution in [0.5, 0.6) is 0 Å². The molecule has 1 aliphatic carbocycles. The number of nitrogen functional groups attached to an aromatic ring is 1. The smallest absolute Gasteiger partial charge is 0.328 e. The van der Waals surface area contributed by atoms with E-state index in [0.717, 1.165) is 29.3 Å². The van der Waals surface area contributed by atoms with Crippen molar-refractivity contribution in [3.63, 3.8) is 0 Å². The molecule has 2 N–H and O–H groups in total. The molecule has 0 bridgehead atoms. The number of hydrogen-bond acceptors (Lipinski definition) is 3. The van der Waals surface area contributed by atoms with Gasteiger partial charge in [0.05, 0.1) is 12.1 Å². The second kappa shape index (κ2) is 4.48. The molecule has 0 radical (unpaired) electrons. The van der Waals surface area contributed by atoms with E-state index in [0.29, 0.717) is 18.3 Å². The zero-order valence-corrected chi connectivity index (χ0v) is 11.6. The van der Waals surface area contributed by atoms with Crippen LogP contribution in [0.15, 0.2) is 47.7 Å². The maximum Gasteiger partial charge on any atom is 0.328 e. The number of aromatic nitrogens is 3. The first kappa shape index (κ1) is 12.2. The molecule has 0 amide bonds. The first-order valence-electron chi connectivity index (χ1n) is 7.13.